The first-order valence-electron chi connectivity index (χ1n) is 5.86. The first-order chi connectivity index (χ1) is 8.59. The van der Waals surface area contributed by atoms with Crippen LogP contribution in [0.3, 0.4) is 0 Å². The highest BCUT2D eigenvalue weighted by Crippen LogP contribution is 2.27. The molecule has 2 aromatic rings. The molecule has 0 heterocycles. The Kier molecular flexibility index (Phi) is 3.63. The number of halogens is 1. The van der Waals surface area contributed by atoms with Crippen molar-refractivity contribution in [2.45, 2.75) is 13.0 Å². The van der Waals surface area contributed by atoms with Crippen LogP contribution in [0, 0.1) is 5.82 Å². The molecule has 0 saturated carbocycles. The zero-order valence-electron chi connectivity index (χ0n) is 10.5. The maximum absolute atomic E-state index is 14.0. The van der Waals surface area contributed by atoms with Crippen LogP contribution < -0.4 is 4.90 Å². The number of hydrogen-bond acceptors (Lipinski definition) is 2. The summed E-state index contributed by atoms with van der Waals surface area (Å²) in [5, 5.41) is 9.41. The number of rotatable bonds is 3. The van der Waals surface area contributed by atoms with Gasteiger partial charge in [-0.05, 0) is 36.8 Å². The molecule has 0 radical (unpaired) electrons. The van der Waals surface area contributed by atoms with E-state index >= 15 is 0 Å². The van der Waals surface area contributed by atoms with E-state index in [2.05, 4.69) is 0 Å². The van der Waals surface area contributed by atoms with Crippen molar-refractivity contribution in [1.29, 1.82) is 0 Å². The van der Waals surface area contributed by atoms with Crippen LogP contribution in [0.15, 0.2) is 48.5 Å². The van der Waals surface area contributed by atoms with Gasteiger partial charge in [-0.25, -0.2) is 4.39 Å². The summed E-state index contributed by atoms with van der Waals surface area (Å²) in [6.07, 6.45) is -0.657. The Morgan fingerprint density at radius 2 is 1.78 bits per heavy atom. The number of aliphatic hydroxyl groups is 1. The number of nitrogens with zero attached hydrogens (tertiary/aromatic N) is 1. The van der Waals surface area contributed by atoms with E-state index in [1.54, 1.807) is 24.0 Å². The van der Waals surface area contributed by atoms with Crippen molar-refractivity contribution >= 4 is 11.4 Å². The Bertz CT molecular complexity index is 525. The van der Waals surface area contributed by atoms with Gasteiger partial charge in [0.05, 0.1) is 11.8 Å². The molecule has 0 unspecified atom stereocenters. The zero-order valence-corrected chi connectivity index (χ0v) is 10.5. The van der Waals surface area contributed by atoms with Crippen molar-refractivity contribution in [2.24, 2.45) is 0 Å². The van der Waals surface area contributed by atoms with Crippen LogP contribution in [0.25, 0.3) is 0 Å². The van der Waals surface area contributed by atoms with Gasteiger partial charge in [-0.2, -0.15) is 0 Å². The average molecular weight is 245 g/mol. The second-order valence-electron chi connectivity index (χ2n) is 4.28. The SMILES string of the molecule is C[C@@H](O)c1ccc(N(C)c2ccccc2)c(F)c1. The predicted molar refractivity (Wildman–Crippen MR) is 71.5 cm³/mol. The summed E-state index contributed by atoms with van der Waals surface area (Å²) < 4.78 is 14.0. The van der Waals surface area contributed by atoms with Crippen LogP contribution in [0.4, 0.5) is 15.8 Å². The molecular weight excluding hydrogens is 229 g/mol. The number of para-hydroxylation sites is 1. The summed E-state index contributed by atoms with van der Waals surface area (Å²) in [5.74, 6) is -0.334. The van der Waals surface area contributed by atoms with E-state index in [4.69, 9.17) is 0 Å². The molecule has 2 nitrogen and oxygen atoms in total. The summed E-state index contributed by atoms with van der Waals surface area (Å²) in [6.45, 7) is 1.62. The lowest BCUT2D eigenvalue weighted by Gasteiger charge is -2.20. The van der Waals surface area contributed by atoms with Gasteiger partial charge in [-0.1, -0.05) is 24.3 Å². The third kappa shape index (κ3) is 2.51. The smallest absolute Gasteiger partial charge is 0.147 e. The molecule has 1 N–H and O–H groups in total. The van der Waals surface area contributed by atoms with Gasteiger partial charge in [0.1, 0.15) is 5.82 Å². The molecule has 1 atom stereocenters. The summed E-state index contributed by atoms with van der Waals surface area (Å²) in [6, 6.07) is 14.4. The molecular formula is C15H16FNO. The van der Waals surface area contributed by atoms with Crippen LogP contribution >= 0.6 is 0 Å². The van der Waals surface area contributed by atoms with Crippen molar-refractivity contribution in [3.8, 4) is 0 Å². The van der Waals surface area contributed by atoms with Gasteiger partial charge < -0.3 is 10.0 Å². The second-order valence-corrected chi connectivity index (χ2v) is 4.28. The Balaban J connectivity index is 2.34. The summed E-state index contributed by atoms with van der Waals surface area (Å²) in [5.41, 5.74) is 1.99. The summed E-state index contributed by atoms with van der Waals surface area (Å²) in [4.78, 5) is 1.78. The Labute approximate surface area is 106 Å². The standard InChI is InChI=1S/C15H16FNO/c1-11(18)12-8-9-15(14(16)10-12)17(2)13-6-4-3-5-7-13/h3-11,18H,1-2H3/t11-/m1/s1. The highest BCUT2D eigenvalue weighted by atomic mass is 19.1. The second kappa shape index (κ2) is 5.19. The molecule has 0 fully saturated rings. The van der Waals surface area contributed by atoms with Crippen molar-refractivity contribution in [1.82, 2.24) is 0 Å². The minimum atomic E-state index is -0.657. The first-order valence-corrected chi connectivity index (χ1v) is 5.86. The Morgan fingerprint density at radius 1 is 1.11 bits per heavy atom. The zero-order chi connectivity index (χ0) is 13.1. The molecule has 3 heteroatoms. The molecule has 2 aromatic carbocycles. The van der Waals surface area contributed by atoms with Crippen molar-refractivity contribution in [3.63, 3.8) is 0 Å². The topological polar surface area (TPSA) is 23.5 Å². The van der Waals surface area contributed by atoms with E-state index in [-0.39, 0.29) is 5.82 Å². The third-order valence-corrected chi connectivity index (χ3v) is 2.96. The molecule has 0 aromatic heterocycles. The van der Waals surface area contributed by atoms with E-state index < -0.39 is 6.10 Å². The van der Waals surface area contributed by atoms with Crippen molar-refractivity contribution in [2.75, 3.05) is 11.9 Å². The number of anilines is 2. The molecule has 0 aliphatic heterocycles. The molecule has 0 aliphatic rings. The van der Waals surface area contributed by atoms with Crippen LogP contribution in [-0.2, 0) is 0 Å². The van der Waals surface area contributed by atoms with Gasteiger partial charge in [0.15, 0.2) is 0 Å². The Hall–Kier alpha value is -1.87. The molecule has 2 rings (SSSR count). The maximum Gasteiger partial charge on any atom is 0.147 e. The lowest BCUT2D eigenvalue weighted by Crippen LogP contribution is -2.11. The van der Waals surface area contributed by atoms with E-state index in [1.807, 2.05) is 37.4 Å². The van der Waals surface area contributed by atoms with Crippen LogP contribution in [0.1, 0.15) is 18.6 Å². The average Bonchev–Trinajstić information content (AvgIpc) is 2.38. The van der Waals surface area contributed by atoms with Gasteiger partial charge in [0, 0.05) is 12.7 Å². The maximum atomic E-state index is 14.0. The monoisotopic (exact) mass is 245 g/mol. The highest BCUT2D eigenvalue weighted by Gasteiger charge is 2.11. The van der Waals surface area contributed by atoms with Crippen LogP contribution in [0.5, 0.6) is 0 Å². The van der Waals surface area contributed by atoms with Crippen LogP contribution in [-0.4, -0.2) is 12.2 Å². The predicted octanol–water partition coefficient (Wildman–Crippen LogP) is 3.65. The quantitative estimate of drug-likeness (QED) is 0.892. The summed E-state index contributed by atoms with van der Waals surface area (Å²) >= 11 is 0. The van der Waals surface area contributed by atoms with Gasteiger partial charge >= 0.3 is 0 Å². The Morgan fingerprint density at radius 3 is 2.33 bits per heavy atom. The van der Waals surface area contributed by atoms with Gasteiger partial charge in [0.2, 0.25) is 0 Å². The van der Waals surface area contributed by atoms with Gasteiger partial charge in [0.25, 0.3) is 0 Å². The van der Waals surface area contributed by atoms with E-state index in [1.165, 1.54) is 6.07 Å². The first kappa shape index (κ1) is 12.6. The molecule has 94 valence electrons. The lowest BCUT2D eigenvalue weighted by molar-refractivity contribution is 0.199. The number of aliphatic hydroxyl groups excluding tert-OH is 1. The highest BCUT2D eigenvalue weighted by molar-refractivity contribution is 5.63. The normalized spacial score (nSPS) is 12.2. The fourth-order valence-corrected chi connectivity index (χ4v) is 1.85. The van der Waals surface area contributed by atoms with Crippen LogP contribution in [0.2, 0.25) is 0 Å². The molecule has 0 bridgehead atoms. The fourth-order valence-electron chi connectivity index (χ4n) is 1.85. The third-order valence-electron chi connectivity index (χ3n) is 2.96. The van der Waals surface area contributed by atoms with E-state index in [9.17, 15) is 9.50 Å². The molecule has 0 aliphatic carbocycles. The largest absolute Gasteiger partial charge is 0.389 e. The molecule has 18 heavy (non-hydrogen) atoms. The van der Waals surface area contributed by atoms with Crippen molar-refractivity contribution in [3.05, 3.63) is 59.9 Å². The van der Waals surface area contributed by atoms with Crippen molar-refractivity contribution < 1.29 is 9.50 Å². The summed E-state index contributed by atoms with van der Waals surface area (Å²) in [7, 11) is 1.82. The minimum Gasteiger partial charge on any atom is -0.389 e. The van der Waals surface area contributed by atoms with Gasteiger partial charge in [-0.3, -0.25) is 0 Å². The molecule has 0 spiro atoms. The van der Waals surface area contributed by atoms with E-state index in [0.717, 1.165) is 5.69 Å². The molecule has 0 saturated heterocycles. The van der Waals surface area contributed by atoms with Gasteiger partial charge in [-0.15, -0.1) is 0 Å². The molecule has 0 amide bonds. The van der Waals surface area contributed by atoms with E-state index in [0.29, 0.717) is 11.3 Å². The fraction of sp³-hybridized carbons (Fsp3) is 0.200. The minimum absolute atomic E-state index is 0.334. The number of hydrogen-bond donors (Lipinski definition) is 1. The number of benzene rings is 2. The lowest BCUT2D eigenvalue weighted by atomic mass is 10.1.